The van der Waals surface area contributed by atoms with Gasteiger partial charge >= 0.3 is 0 Å². The Morgan fingerprint density at radius 1 is 1.47 bits per heavy atom. The number of nitrogens with zero attached hydrogens (tertiary/aromatic N) is 1. The molecule has 1 heterocycles. The largest absolute Gasteiger partial charge is 0.495 e. The van der Waals surface area contributed by atoms with E-state index in [2.05, 4.69) is 21.1 Å². The maximum atomic E-state index is 13.7. The first-order valence-corrected chi connectivity index (χ1v) is 5.59. The zero-order chi connectivity index (χ0) is 12.6. The predicted octanol–water partition coefficient (Wildman–Crippen LogP) is 3.14. The van der Waals surface area contributed by atoms with Crippen LogP contribution in [0.3, 0.4) is 0 Å². The highest BCUT2D eigenvalue weighted by Crippen LogP contribution is 2.40. The standard InChI is InChI=1S/C11H10BrFN2O2/c1-5-7(13)3-6(12)11(16-2)10(5)8-4-9(14)17-15-8/h3-4H,14H2,1-2H3. The number of hydrogen-bond donors (Lipinski definition) is 1. The summed E-state index contributed by atoms with van der Waals surface area (Å²) in [6.07, 6.45) is 0. The number of benzene rings is 1. The van der Waals surface area contributed by atoms with E-state index in [0.29, 0.717) is 27.0 Å². The van der Waals surface area contributed by atoms with Gasteiger partial charge in [-0.15, -0.1) is 0 Å². The van der Waals surface area contributed by atoms with Crippen molar-refractivity contribution in [3.8, 4) is 17.0 Å². The van der Waals surface area contributed by atoms with Crippen LogP contribution in [0, 0.1) is 12.7 Å². The van der Waals surface area contributed by atoms with Gasteiger partial charge in [0.1, 0.15) is 17.3 Å². The molecule has 0 aliphatic rings. The lowest BCUT2D eigenvalue weighted by atomic mass is 10.0. The molecule has 90 valence electrons. The summed E-state index contributed by atoms with van der Waals surface area (Å²) in [7, 11) is 1.50. The first-order valence-electron chi connectivity index (χ1n) is 4.79. The van der Waals surface area contributed by atoms with Gasteiger partial charge in [-0.2, -0.15) is 0 Å². The van der Waals surface area contributed by atoms with E-state index < -0.39 is 0 Å². The molecule has 0 bridgehead atoms. The molecule has 17 heavy (non-hydrogen) atoms. The summed E-state index contributed by atoms with van der Waals surface area (Å²) in [5.74, 6) is 0.313. The van der Waals surface area contributed by atoms with Crippen LogP contribution in [0.15, 0.2) is 21.1 Å². The number of methoxy groups -OCH3 is 1. The zero-order valence-corrected chi connectivity index (χ0v) is 10.8. The van der Waals surface area contributed by atoms with Crippen LogP contribution in [0.5, 0.6) is 5.75 Å². The number of aromatic nitrogens is 1. The predicted molar refractivity (Wildman–Crippen MR) is 65.3 cm³/mol. The molecular weight excluding hydrogens is 291 g/mol. The van der Waals surface area contributed by atoms with E-state index in [1.165, 1.54) is 19.2 Å². The molecule has 0 spiro atoms. The Hall–Kier alpha value is -1.56. The quantitative estimate of drug-likeness (QED) is 0.925. The van der Waals surface area contributed by atoms with Crippen LogP contribution < -0.4 is 10.5 Å². The van der Waals surface area contributed by atoms with Crippen LogP contribution in [0.2, 0.25) is 0 Å². The third kappa shape index (κ3) is 2.00. The van der Waals surface area contributed by atoms with Gasteiger partial charge in [0.2, 0.25) is 5.88 Å². The molecule has 2 N–H and O–H groups in total. The highest BCUT2D eigenvalue weighted by molar-refractivity contribution is 9.10. The summed E-state index contributed by atoms with van der Waals surface area (Å²) < 4.78 is 24.2. The van der Waals surface area contributed by atoms with Gasteiger partial charge in [0, 0.05) is 6.07 Å². The average Bonchev–Trinajstić information content (AvgIpc) is 2.69. The Balaban J connectivity index is 2.74. The lowest BCUT2D eigenvalue weighted by Gasteiger charge is -2.12. The van der Waals surface area contributed by atoms with Gasteiger partial charge in [-0.05, 0) is 34.5 Å². The van der Waals surface area contributed by atoms with Gasteiger partial charge in [0.05, 0.1) is 17.1 Å². The van der Waals surface area contributed by atoms with Gasteiger partial charge in [-0.3, -0.25) is 0 Å². The first kappa shape index (κ1) is 11.9. The van der Waals surface area contributed by atoms with E-state index in [1.54, 1.807) is 6.92 Å². The molecule has 0 fully saturated rings. The molecule has 0 saturated carbocycles. The second-order valence-corrected chi connectivity index (χ2v) is 4.34. The summed E-state index contributed by atoms with van der Waals surface area (Å²) in [4.78, 5) is 0. The van der Waals surface area contributed by atoms with E-state index in [9.17, 15) is 4.39 Å². The van der Waals surface area contributed by atoms with Gasteiger partial charge < -0.3 is 15.0 Å². The third-order valence-electron chi connectivity index (χ3n) is 2.42. The molecule has 4 nitrogen and oxygen atoms in total. The van der Waals surface area contributed by atoms with Crippen molar-refractivity contribution in [1.82, 2.24) is 5.16 Å². The molecule has 0 radical (unpaired) electrons. The van der Waals surface area contributed by atoms with Crippen LogP contribution in [-0.4, -0.2) is 12.3 Å². The molecule has 0 aliphatic heterocycles. The first-order chi connectivity index (χ1) is 8.04. The highest BCUT2D eigenvalue weighted by Gasteiger charge is 2.19. The second kappa shape index (κ2) is 4.37. The van der Waals surface area contributed by atoms with Crippen LogP contribution in [0.1, 0.15) is 5.56 Å². The van der Waals surface area contributed by atoms with Crippen LogP contribution in [0.4, 0.5) is 10.3 Å². The molecule has 2 rings (SSSR count). The summed E-state index contributed by atoms with van der Waals surface area (Å²) in [5.41, 5.74) is 6.86. The van der Waals surface area contributed by atoms with Crippen molar-refractivity contribution in [2.24, 2.45) is 0 Å². The Morgan fingerprint density at radius 3 is 2.71 bits per heavy atom. The molecule has 0 atom stereocenters. The number of hydrogen-bond acceptors (Lipinski definition) is 4. The molecule has 0 unspecified atom stereocenters. The SMILES string of the molecule is COc1c(Br)cc(F)c(C)c1-c1cc(N)on1. The lowest BCUT2D eigenvalue weighted by molar-refractivity contribution is 0.410. The van der Waals surface area contributed by atoms with Crippen molar-refractivity contribution in [2.75, 3.05) is 12.8 Å². The van der Waals surface area contributed by atoms with Crippen molar-refractivity contribution in [3.63, 3.8) is 0 Å². The molecule has 0 aliphatic carbocycles. The molecule has 1 aromatic carbocycles. The summed E-state index contributed by atoms with van der Waals surface area (Å²) in [5, 5.41) is 3.77. The summed E-state index contributed by atoms with van der Waals surface area (Å²) in [6, 6.07) is 2.87. The Kier molecular flexibility index (Phi) is 3.06. The Morgan fingerprint density at radius 2 is 2.18 bits per heavy atom. The zero-order valence-electron chi connectivity index (χ0n) is 9.25. The fourth-order valence-corrected chi connectivity index (χ4v) is 2.17. The molecule has 1 aromatic heterocycles. The maximum Gasteiger partial charge on any atom is 0.222 e. The van der Waals surface area contributed by atoms with Gasteiger partial charge in [-0.25, -0.2) is 4.39 Å². The Bertz CT molecular complexity index is 569. The molecular formula is C11H10BrFN2O2. The molecule has 0 amide bonds. The minimum atomic E-state index is -0.353. The second-order valence-electron chi connectivity index (χ2n) is 3.49. The van der Waals surface area contributed by atoms with Crippen molar-refractivity contribution in [2.45, 2.75) is 6.92 Å². The van der Waals surface area contributed by atoms with E-state index in [0.717, 1.165) is 0 Å². The monoisotopic (exact) mass is 300 g/mol. The number of ether oxygens (including phenoxy) is 1. The van der Waals surface area contributed by atoms with Gasteiger partial charge in [0.25, 0.3) is 0 Å². The van der Waals surface area contributed by atoms with Crippen molar-refractivity contribution >= 4 is 21.8 Å². The number of nitrogens with two attached hydrogens (primary N) is 1. The number of halogens is 2. The van der Waals surface area contributed by atoms with Gasteiger partial charge in [0.15, 0.2) is 0 Å². The molecule has 6 heteroatoms. The fraction of sp³-hybridized carbons (Fsp3) is 0.182. The van der Waals surface area contributed by atoms with Crippen LogP contribution >= 0.6 is 15.9 Å². The third-order valence-corrected chi connectivity index (χ3v) is 3.01. The van der Waals surface area contributed by atoms with E-state index in [1.807, 2.05) is 0 Å². The fourth-order valence-electron chi connectivity index (χ4n) is 1.61. The number of anilines is 1. The highest BCUT2D eigenvalue weighted by atomic mass is 79.9. The minimum Gasteiger partial charge on any atom is -0.495 e. The lowest BCUT2D eigenvalue weighted by Crippen LogP contribution is -1.96. The van der Waals surface area contributed by atoms with E-state index in [-0.39, 0.29) is 11.7 Å². The summed E-state index contributed by atoms with van der Waals surface area (Å²) in [6.45, 7) is 1.64. The minimum absolute atomic E-state index is 0.168. The van der Waals surface area contributed by atoms with Crippen LogP contribution in [-0.2, 0) is 0 Å². The van der Waals surface area contributed by atoms with E-state index >= 15 is 0 Å². The van der Waals surface area contributed by atoms with Crippen molar-refractivity contribution in [3.05, 3.63) is 28.0 Å². The smallest absolute Gasteiger partial charge is 0.222 e. The number of rotatable bonds is 2. The average molecular weight is 301 g/mol. The molecule has 0 saturated heterocycles. The van der Waals surface area contributed by atoms with Crippen molar-refractivity contribution < 1.29 is 13.7 Å². The maximum absolute atomic E-state index is 13.7. The van der Waals surface area contributed by atoms with E-state index in [4.69, 9.17) is 15.0 Å². The molecule has 2 aromatic rings. The summed E-state index contributed by atoms with van der Waals surface area (Å²) >= 11 is 3.24. The van der Waals surface area contributed by atoms with Crippen LogP contribution in [0.25, 0.3) is 11.3 Å². The van der Waals surface area contributed by atoms with Crippen molar-refractivity contribution in [1.29, 1.82) is 0 Å². The van der Waals surface area contributed by atoms with Gasteiger partial charge in [-0.1, -0.05) is 5.16 Å². The number of nitrogen functional groups attached to an aromatic ring is 1. The Labute approximate surface area is 106 Å². The normalized spacial score (nSPS) is 10.6. The topological polar surface area (TPSA) is 61.3 Å².